The molecule has 0 spiro atoms. The molecule has 1 rings (SSSR count). The van der Waals surface area contributed by atoms with Gasteiger partial charge in [0.05, 0.1) is 12.2 Å². The molecule has 0 aliphatic heterocycles. The van der Waals surface area contributed by atoms with E-state index in [-0.39, 0.29) is 11.2 Å². The van der Waals surface area contributed by atoms with Gasteiger partial charge in [-0.3, -0.25) is 0 Å². The zero-order chi connectivity index (χ0) is 15.9. The van der Waals surface area contributed by atoms with Crippen molar-refractivity contribution in [3.05, 3.63) is 29.8 Å². The Labute approximate surface area is 133 Å². The molecule has 0 saturated carbocycles. The zero-order valence-corrected chi connectivity index (χ0v) is 14.1. The molecular weight excluding hydrogens is 345 g/mol. The Morgan fingerprint density at radius 1 is 1.05 bits per heavy atom. The average molecular weight is 367 g/mol. The minimum Gasteiger partial charge on any atom is -0.492 e. The first-order chi connectivity index (χ1) is 9.88. The number of benzene rings is 1. The highest BCUT2D eigenvalue weighted by Crippen LogP contribution is 2.38. The Bertz CT molecular complexity index is 426. The highest BCUT2D eigenvalue weighted by Gasteiger charge is 2.35. The van der Waals surface area contributed by atoms with Crippen LogP contribution in [-0.2, 0) is 6.18 Å². The standard InChI is InChI=1S/C16H22BrF3O/c1-3-9-15(11-17,10-4-2)12-21-14-8-6-5-7-13(14)16(18,19)20/h5-8H,3-4,9-12H2,1-2H3. The number of ether oxygens (including phenoxy) is 1. The Morgan fingerprint density at radius 3 is 2.10 bits per heavy atom. The molecule has 0 aromatic heterocycles. The third-order valence-corrected chi connectivity index (χ3v) is 4.76. The van der Waals surface area contributed by atoms with E-state index in [1.54, 1.807) is 6.07 Å². The lowest BCUT2D eigenvalue weighted by molar-refractivity contribution is -0.139. The zero-order valence-electron chi connectivity index (χ0n) is 12.5. The van der Waals surface area contributed by atoms with Gasteiger partial charge in [0, 0.05) is 10.7 Å². The van der Waals surface area contributed by atoms with E-state index >= 15 is 0 Å². The second kappa shape index (κ2) is 8.06. The fourth-order valence-corrected chi connectivity index (χ4v) is 3.28. The van der Waals surface area contributed by atoms with Crippen molar-refractivity contribution in [3.8, 4) is 5.75 Å². The molecule has 0 amide bonds. The smallest absolute Gasteiger partial charge is 0.419 e. The largest absolute Gasteiger partial charge is 0.492 e. The summed E-state index contributed by atoms with van der Waals surface area (Å²) in [5.41, 5.74) is -0.816. The van der Waals surface area contributed by atoms with E-state index in [4.69, 9.17) is 4.74 Å². The molecule has 0 heterocycles. The third kappa shape index (κ3) is 5.20. The van der Waals surface area contributed by atoms with Crippen LogP contribution in [0.25, 0.3) is 0 Å². The molecule has 1 nitrogen and oxygen atoms in total. The first kappa shape index (κ1) is 18.3. The minimum absolute atomic E-state index is 0.0810. The molecule has 0 atom stereocenters. The van der Waals surface area contributed by atoms with Gasteiger partial charge in [-0.15, -0.1) is 0 Å². The Hall–Kier alpha value is -0.710. The minimum atomic E-state index is -4.39. The summed E-state index contributed by atoms with van der Waals surface area (Å²) < 4.78 is 44.4. The number of halogens is 4. The fraction of sp³-hybridized carbons (Fsp3) is 0.625. The highest BCUT2D eigenvalue weighted by atomic mass is 79.9. The summed E-state index contributed by atoms with van der Waals surface area (Å²) in [6, 6.07) is 5.40. The summed E-state index contributed by atoms with van der Waals surface area (Å²) in [6.07, 6.45) is -0.560. The van der Waals surface area contributed by atoms with Crippen LogP contribution in [0.2, 0.25) is 0 Å². The van der Waals surface area contributed by atoms with Crippen LogP contribution in [0.15, 0.2) is 24.3 Å². The molecule has 1 aromatic rings. The van der Waals surface area contributed by atoms with Gasteiger partial charge in [-0.1, -0.05) is 54.8 Å². The molecule has 0 N–H and O–H groups in total. The normalized spacial score (nSPS) is 12.5. The molecule has 0 saturated heterocycles. The molecule has 0 radical (unpaired) electrons. The van der Waals surface area contributed by atoms with Crippen molar-refractivity contribution in [2.45, 2.75) is 45.7 Å². The van der Waals surface area contributed by atoms with Crippen molar-refractivity contribution in [2.24, 2.45) is 5.41 Å². The van der Waals surface area contributed by atoms with Gasteiger partial charge in [0.15, 0.2) is 0 Å². The van der Waals surface area contributed by atoms with Crippen molar-refractivity contribution in [2.75, 3.05) is 11.9 Å². The SMILES string of the molecule is CCCC(CBr)(CCC)COc1ccccc1C(F)(F)F. The summed E-state index contributed by atoms with van der Waals surface area (Å²) >= 11 is 3.50. The molecule has 21 heavy (non-hydrogen) atoms. The van der Waals surface area contributed by atoms with Gasteiger partial charge in [0.2, 0.25) is 0 Å². The third-order valence-electron chi connectivity index (χ3n) is 3.57. The average Bonchev–Trinajstić information content (AvgIpc) is 2.44. The van der Waals surface area contributed by atoms with Gasteiger partial charge < -0.3 is 4.74 Å². The maximum atomic E-state index is 13.0. The van der Waals surface area contributed by atoms with Crippen molar-refractivity contribution < 1.29 is 17.9 Å². The molecule has 5 heteroatoms. The molecule has 0 fully saturated rings. The lowest BCUT2D eigenvalue weighted by Crippen LogP contribution is -2.30. The fourth-order valence-electron chi connectivity index (χ4n) is 2.56. The molecule has 0 bridgehead atoms. The van der Waals surface area contributed by atoms with Gasteiger partial charge >= 0.3 is 6.18 Å². The number of rotatable bonds is 8. The van der Waals surface area contributed by atoms with E-state index < -0.39 is 11.7 Å². The van der Waals surface area contributed by atoms with E-state index in [2.05, 4.69) is 29.8 Å². The summed E-state index contributed by atoms with van der Waals surface area (Å²) in [5, 5.41) is 0.732. The van der Waals surface area contributed by atoms with E-state index in [1.807, 2.05) is 0 Å². The van der Waals surface area contributed by atoms with E-state index in [9.17, 15) is 13.2 Å². The quantitative estimate of drug-likeness (QED) is 0.507. The Balaban J connectivity index is 2.90. The first-order valence-corrected chi connectivity index (χ1v) is 8.35. The van der Waals surface area contributed by atoms with Gasteiger partial charge in [-0.05, 0) is 25.0 Å². The molecule has 0 unspecified atom stereocenters. The van der Waals surface area contributed by atoms with Crippen LogP contribution >= 0.6 is 15.9 Å². The summed E-state index contributed by atoms with van der Waals surface area (Å²) in [7, 11) is 0. The second-order valence-electron chi connectivity index (χ2n) is 5.42. The maximum absolute atomic E-state index is 13.0. The summed E-state index contributed by atoms with van der Waals surface area (Å²) in [6.45, 7) is 4.46. The van der Waals surface area contributed by atoms with E-state index in [1.165, 1.54) is 12.1 Å². The van der Waals surface area contributed by atoms with Crippen LogP contribution < -0.4 is 4.74 Å². The van der Waals surface area contributed by atoms with Crippen LogP contribution in [0, 0.1) is 5.41 Å². The summed E-state index contributed by atoms with van der Waals surface area (Å²) in [5.74, 6) is -0.0810. The van der Waals surface area contributed by atoms with Crippen LogP contribution in [0.4, 0.5) is 13.2 Å². The van der Waals surface area contributed by atoms with Crippen LogP contribution in [0.5, 0.6) is 5.75 Å². The van der Waals surface area contributed by atoms with Gasteiger partial charge in [0.1, 0.15) is 5.75 Å². The van der Waals surface area contributed by atoms with Crippen molar-refractivity contribution in [3.63, 3.8) is 0 Å². The lowest BCUT2D eigenvalue weighted by Gasteiger charge is -2.32. The first-order valence-electron chi connectivity index (χ1n) is 7.23. The van der Waals surface area contributed by atoms with Crippen LogP contribution in [0.3, 0.4) is 0 Å². The topological polar surface area (TPSA) is 9.23 Å². The van der Waals surface area contributed by atoms with Crippen molar-refractivity contribution >= 4 is 15.9 Å². The van der Waals surface area contributed by atoms with E-state index in [0.717, 1.165) is 37.1 Å². The number of hydrogen-bond acceptors (Lipinski definition) is 1. The monoisotopic (exact) mass is 366 g/mol. The van der Waals surface area contributed by atoms with Crippen molar-refractivity contribution in [1.29, 1.82) is 0 Å². The molecule has 0 aliphatic rings. The molecular formula is C16H22BrF3O. The number of alkyl halides is 4. The van der Waals surface area contributed by atoms with Crippen LogP contribution in [0.1, 0.15) is 45.1 Å². The van der Waals surface area contributed by atoms with E-state index in [0.29, 0.717) is 6.61 Å². The predicted octanol–water partition coefficient (Wildman–Crippen LogP) is 6.07. The van der Waals surface area contributed by atoms with Crippen molar-refractivity contribution in [1.82, 2.24) is 0 Å². The molecule has 0 aliphatic carbocycles. The molecule has 1 aromatic carbocycles. The lowest BCUT2D eigenvalue weighted by atomic mass is 9.82. The predicted molar refractivity (Wildman–Crippen MR) is 83.0 cm³/mol. The Kier molecular flexibility index (Phi) is 7.04. The Morgan fingerprint density at radius 2 is 1.62 bits per heavy atom. The maximum Gasteiger partial charge on any atom is 0.419 e. The molecule has 120 valence electrons. The van der Waals surface area contributed by atoms with Gasteiger partial charge in [0.25, 0.3) is 0 Å². The summed E-state index contributed by atoms with van der Waals surface area (Å²) in [4.78, 5) is 0. The van der Waals surface area contributed by atoms with Gasteiger partial charge in [-0.25, -0.2) is 0 Å². The number of para-hydroxylation sites is 1. The van der Waals surface area contributed by atoms with Gasteiger partial charge in [-0.2, -0.15) is 13.2 Å². The second-order valence-corrected chi connectivity index (χ2v) is 5.98. The highest BCUT2D eigenvalue weighted by molar-refractivity contribution is 9.09. The number of hydrogen-bond donors (Lipinski definition) is 0. The van der Waals surface area contributed by atoms with Crippen LogP contribution in [-0.4, -0.2) is 11.9 Å².